The van der Waals surface area contributed by atoms with Gasteiger partial charge in [-0.1, -0.05) is 107 Å². The van der Waals surface area contributed by atoms with Gasteiger partial charge in [-0.25, -0.2) is 0 Å². The molecular weight excluding hydrogens is 362 g/mol. The topological polar surface area (TPSA) is 12.0 Å². The second kappa shape index (κ2) is 17.0. The lowest BCUT2D eigenvalue weighted by Gasteiger charge is -2.52. The molecule has 0 saturated carbocycles. The van der Waals surface area contributed by atoms with E-state index in [1.165, 1.54) is 89.9 Å². The third kappa shape index (κ3) is 8.55. The van der Waals surface area contributed by atoms with Gasteiger partial charge in [0.1, 0.15) is 0 Å². The van der Waals surface area contributed by atoms with Crippen molar-refractivity contribution in [2.24, 2.45) is 11.8 Å². The van der Waals surface area contributed by atoms with E-state index in [2.05, 4.69) is 60.7 Å². The quantitative estimate of drug-likeness (QED) is 0.219. The normalized spacial score (nSPS) is 14.6. The van der Waals surface area contributed by atoms with E-state index >= 15 is 0 Å². The zero-order chi connectivity index (χ0) is 20.8. The summed E-state index contributed by atoms with van der Waals surface area (Å²) in [7, 11) is 0. The molecule has 2 heteroatoms. The van der Waals surface area contributed by atoms with Crippen molar-refractivity contribution in [1.29, 1.82) is 0 Å². The Balaban J connectivity index is 0. The number of rotatable bonds is 18. The Morgan fingerprint density at radius 1 is 0.536 bits per heavy atom. The van der Waals surface area contributed by atoms with E-state index in [1.54, 1.807) is 0 Å². The highest BCUT2D eigenvalue weighted by Gasteiger charge is 2.43. The lowest BCUT2D eigenvalue weighted by Crippen LogP contribution is -2.63. The molecule has 0 radical (unpaired) electrons. The third-order valence-electron chi connectivity index (χ3n) is 7.88. The van der Waals surface area contributed by atoms with Crippen molar-refractivity contribution < 1.29 is 0 Å². The molecule has 0 aliphatic rings. The van der Waals surface area contributed by atoms with Gasteiger partial charge in [0, 0.05) is 11.1 Å². The van der Waals surface area contributed by atoms with Gasteiger partial charge in [0.05, 0.1) is 0 Å². The molecule has 0 saturated heterocycles. The van der Waals surface area contributed by atoms with Crippen LogP contribution in [0.15, 0.2) is 0 Å². The first-order valence-electron chi connectivity index (χ1n) is 12.8. The highest BCUT2D eigenvalue weighted by Crippen LogP contribution is 2.40. The van der Waals surface area contributed by atoms with Gasteiger partial charge in [0.25, 0.3) is 0 Å². The van der Waals surface area contributed by atoms with Gasteiger partial charge >= 0.3 is 0 Å². The van der Waals surface area contributed by atoms with Crippen molar-refractivity contribution in [2.75, 3.05) is 0 Å². The minimum absolute atomic E-state index is 0. The summed E-state index contributed by atoms with van der Waals surface area (Å²) >= 11 is 0. The maximum Gasteiger partial charge on any atom is 0.0209 e. The van der Waals surface area contributed by atoms with Gasteiger partial charge < -0.3 is 5.32 Å². The number of hydrogen-bond donors (Lipinski definition) is 1. The SMILES string of the molecule is CCCCCC(CC)C(CC)(CC)NC(CC)(CC)C(CC)CCCCC.Cl. The molecule has 0 fully saturated rings. The van der Waals surface area contributed by atoms with Crippen LogP contribution >= 0.6 is 12.4 Å². The van der Waals surface area contributed by atoms with E-state index in [1.807, 2.05) is 0 Å². The molecule has 2 atom stereocenters. The van der Waals surface area contributed by atoms with Crippen molar-refractivity contribution in [3.63, 3.8) is 0 Å². The van der Waals surface area contributed by atoms with E-state index < -0.39 is 0 Å². The highest BCUT2D eigenvalue weighted by atomic mass is 35.5. The minimum Gasteiger partial charge on any atom is -0.305 e. The number of hydrogen-bond acceptors (Lipinski definition) is 1. The molecule has 0 amide bonds. The van der Waals surface area contributed by atoms with Gasteiger partial charge in [-0.3, -0.25) is 0 Å². The van der Waals surface area contributed by atoms with Crippen molar-refractivity contribution in [3.8, 4) is 0 Å². The van der Waals surface area contributed by atoms with E-state index in [0.29, 0.717) is 11.1 Å². The Morgan fingerprint density at radius 3 is 1.07 bits per heavy atom. The molecule has 0 aromatic carbocycles. The van der Waals surface area contributed by atoms with Gasteiger partial charge in [-0.2, -0.15) is 0 Å². The smallest absolute Gasteiger partial charge is 0.0209 e. The lowest BCUT2D eigenvalue weighted by atomic mass is 9.69. The van der Waals surface area contributed by atoms with Crippen LogP contribution in [0.1, 0.15) is 145 Å². The summed E-state index contributed by atoms with van der Waals surface area (Å²) in [6.45, 7) is 19.3. The molecular formula is C26H56ClN. The first-order chi connectivity index (χ1) is 13.0. The summed E-state index contributed by atoms with van der Waals surface area (Å²) in [6, 6.07) is 0. The van der Waals surface area contributed by atoms with E-state index in [-0.39, 0.29) is 12.4 Å². The first kappa shape index (κ1) is 30.4. The summed E-state index contributed by atoms with van der Waals surface area (Å²) < 4.78 is 0. The Kier molecular flexibility index (Phi) is 18.5. The van der Waals surface area contributed by atoms with Crippen molar-refractivity contribution in [1.82, 2.24) is 5.32 Å². The molecule has 0 aromatic rings. The maximum absolute atomic E-state index is 4.44. The predicted molar refractivity (Wildman–Crippen MR) is 133 cm³/mol. The van der Waals surface area contributed by atoms with Crippen LogP contribution in [0.5, 0.6) is 0 Å². The Morgan fingerprint density at radius 2 is 0.857 bits per heavy atom. The molecule has 0 bridgehead atoms. The summed E-state index contributed by atoms with van der Waals surface area (Å²) in [5.74, 6) is 1.62. The van der Waals surface area contributed by atoms with Crippen LogP contribution in [0.25, 0.3) is 0 Å². The van der Waals surface area contributed by atoms with Gasteiger partial charge in [0.2, 0.25) is 0 Å². The first-order valence-corrected chi connectivity index (χ1v) is 12.8. The summed E-state index contributed by atoms with van der Waals surface area (Å²) in [6.07, 6.45) is 18.7. The molecule has 172 valence electrons. The third-order valence-corrected chi connectivity index (χ3v) is 7.88. The second-order valence-corrected chi connectivity index (χ2v) is 9.05. The Bertz CT molecular complexity index is 301. The van der Waals surface area contributed by atoms with Crippen LogP contribution < -0.4 is 5.32 Å². The van der Waals surface area contributed by atoms with E-state index in [4.69, 9.17) is 0 Å². The number of unbranched alkanes of at least 4 members (excludes halogenated alkanes) is 4. The standard InChI is InChI=1S/C26H55N.ClH/c1-9-17-19-21-23(11-3)25(13-5,14-6)27-26(15-7,16-8)24(12-4)22-20-18-10-2;/h23-24,27H,9-22H2,1-8H3;1H. The molecule has 0 aliphatic heterocycles. The van der Waals surface area contributed by atoms with Gasteiger partial charge in [-0.05, 0) is 50.4 Å². The monoisotopic (exact) mass is 417 g/mol. The molecule has 1 N–H and O–H groups in total. The van der Waals surface area contributed by atoms with Crippen molar-refractivity contribution >= 4 is 12.4 Å². The van der Waals surface area contributed by atoms with E-state index in [9.17, 15) is 0 Å². The Hall–Kier alpha value is 0.250. The zero-order valence-corrected chi connectivity index (χ0v) is 21.8. The average Bonchev–Trinajstić information content (AvgIpc) is 2.71. The fourth-order valence-corrected chi connectivity index (χ4v) is 5.73. The number of nitrogens with one attached hydrogen (secondary N) is 1. The highest BCUT2D eigenvalue weighted by molar-refractivity contribution is 5.85. The van der Waals surface area contributed by atoms with Crippen LogP contribution in [0.2, 0.25) is 0 Å². The van der Waals surface area contributed by atoms with Crippen molar-refractivity contribution in [2.45, 2.75) is 156 Å². The zero-order valence-electron chi connectivity index (χ0n) is 21.0. The Labute approximate surface area is 186 Å². The molecule has 0 rings (SSSR count). The lowest BCUT2D eigenvalue weighted by molar-refractivity contribution is 0.0638. The number of halogens is 1. The average molecular weight is 418 g/mol. The van der Waals surface area contributed by atoms with E-state index in [0.717, 1.165) is 11.8 Å². The van der Waals surface area contributed by atoms with Crippen molar-refractivity contribution in [3.05, 3.63) is 0 Å². The van der Waals surface area contributed by atoms with Crippen LogP contribution in [0, 0.1) is 11.8 Å². The fraction of sp³-hybridized carbons (Fsp3) is 1.00. The summed E-state index contributed by atoms with van der Waals surface area (Å²) in [4.78, 5) is 0. The molecule has 0 aliphatic carbocycles. The van der Waals surface area contributed by atoms with Gasteiger partial charge in [-0.15, -0.1) is 12.4 Å². The van der Waals surface area contributed by atoms with Crippen LogP contribution in [0.3, 0.4) is 0 Å². The van der Waals surface area contributed by atoms with Crippen LogP contribution in [-0.4, -0.2) is 11.1 Å². The van der Waals surface area contributed by atoms with Crippen LogP contribution in [0.4, 0.5) is 0 Å². The second-order valence-electron chi connectivity index (χ2n) is 9.05. The maximum atomic E-state index is 4.44. The fourth-order valence-electron chi connectivity index (χ4n) is 5.73. The van der Waals surface area contributed by atoms with Gasteiger partial charge in [0.15, 0.2) is 0 Å². The molecule has 2 unspecified atom stereocenters. The largest absolute Gasteiger partial charge is 0.305 e. The molecule has 0 heterocycles. The minimum atomic E-state index is 0. The molecule has 0 aromatic heterocycles. The molecule has 1 nitrogen and oxygen atoms in total. The predicted octanol–water partition coefficient (Wildman–Crippen LogP) is 9.33. The van der Waals surface area contributed by atoms with Crippen LogP contribution in [-0.2, 0) is 0 Å². The molecule has 0 spiro atoms. The summed E-state index contributed by atoms with van der Waals surface area (Å²) in [5.41, 5.74) is 0.624. The summed E-state index contributed by atoms with van der Waals surface area (Å²) in [5, 5.41) is 4.44. The molecule has 28 heavy (non-hydrogen) atoms.